The summed E-state index contributed by atoms with van der Waals surface area (Å²) in [5.74, 6) is -5.24. The number of aliphatic carboxylic acids is 2. The highest BCUT2D eigenvalue weighted by atomic mass is 32.1. The largest absolute Gasteiger partial charge is 0.481 e. The molecule has 13 nitrogen and oxygen atoms in total. The molecule has 1 heterocycles. The molecule has 1 rings (SSSR count). The summed E-state index contributed by atoms with van der Waals surface area (Å²) >= 11 is 3.84. The number of hydrogen-bond acceptors (Lipinski definition) is 8. The molecule has 4 amide bonds. The van der Waals surface area contributed by atoms with Gasteiger partial charge in [-0.15, -0.1) is 0 Å². The lowest BCUT2D eigenvalue weighted by Gasteiger charge is -2.30. The number of nitrogens with one attached hydrogen (secondary N) is 3. The van der Waals surface area contributed by atoms with E-state index in [1.165, 1.54) is 4.90 Å². The van der Waals surface area contributed by atoms with Crippen LogP contribution >= 0.6 is 12.6 Å². The lowest BCUT2D eigenvalue weighted by molar-refractivity contribution is -0.143. The zero-order chi connectivity index (χ0) is 26.0. The second-order valence-electron chi connectivity index (χ2n) is 8.44. The third-order valence-electron chi connectivity index (χ3n) is 5.13. The first-order valence-electron chi connectivity index (χ1n) is 10.9. The van der Waals surface area contributed by atoms with Crippen molar-refractivity contribution >= 4 is 48.2 Å². The summed E-state index contributed by atoms with van der Waals surface area (Å²) in [5, 5.41) is 24.9. The molecule has 1 aliphatic heterocycles. The van der Waals surface area contributed by atoms with Gasteiger partial charge in [0.1, 0.15) is 18.1 Å². The fourth-order valence-electron chi connectivity index (χ4n) is 3.47. The van der Waals surface area contributed by atoms with E-state index in [0.717, 1.165) is 0 Å². The zero-order valence-electron chi connectivity index (χ0n) is 19.2. The highest BCUT2D eigenvalue weighted by Gasteiger charge is 2.38. The van der Waals surface area contributed by atoms with Crippen LogP contribution in [0.5, 0.6) is 0 Å². The summed E-state index contributed by atoms with van der Waals surface area (Å²) in [6, 6.07) is -4.41. The van der Waals surface area contributed by atoms with Gasteiger partial charge >= 0.3 is 11.9 Å². The van der Waals surface area contributed by atoms with E-state index in [-0.39, 0.29) is 24.6 Å². The van der Waals surface area contributed by atoms with E-state index in [4.69, 9.17) is 15.9 Å². The van der Waals surface area contributed by atoms with E-state index in [1.807, 2.05) is 13.8 Å². The van der Waals surface area contributed by atoms with E-state index < -0.39 is 72.7 Å². The molecule has 0 aromatic rings. The fourth-order valence-corrected chi connectivity index (χ4v) is 3.72. The van der Waals surface area contributed by atoms with Crippen LogP contribution in [0, 0.1) is 5.92 Å². The molecular formula is C20H33N5O8S. The Kier molecular flexibility index (Phi) is 11.8. The Hall–Kier alpha value is -2.87. The Morgan fingerprint density at radius 1 is 1.09 bits per heavy atom. The molecule has 4 atom stereocenters. The van der Waals surface area contributed by atoms with Gasteiger partial charge in [0.15, 0.2) is 0 Å². The van der Waals surface area contributed by atoms with Crippen molar-refractivity contribution in [2.24, 2.45) is 11.7 Å². The number of carbonyl (C=O) groups excluding carboxylic acids is 4. The third-order valence-corrected chi connectivity index (χ3v) is 5.50. The van der Waals surface area contributed by atoms with Crippen LogP contribution in [0.15, 0.2) is 0 Å². The summed E-state index contributed by atoms with van der Waals surface area (Å²) < 4.78 is 0. The van der Waals surface area contributed by atoms with Crippen LogP contribution in [0.4, 0.5) is 0 Å². The van der Waals surface area contributed by atoms with Crippen molar-refractivity contribution in [1.82, 2.24) is 20.9 Å². The number of likely N-dealkylation sites (tertiary alicyclic amines) is 1. The monoisotopic (exact) mass is 503 g/mol. The van der Waals surface area contributed by atoms with Crippen molar-refractivity contribution < 1.29 is 39.0 Å². The minimum atomic E-state index is -1.33. The van der Waals surface area contributed by atoms with Gasteiger partial charge in [-0.25, -0.2) is 4.79 Å². The van der Waals surface area contributed by atoms with Gasteiger partial charge < -0.3 is 36.8 Å². The maximum absolute atomic E-state index is 13.2. The van der Waals surface area contributed by atoms with Crippen LogP contribution in [-0.4, -0.2) is 93.7 Å². The molecule has 34 heavy (non-hydrogen) atoms. The summed E-state index contributed by atoms with van der Waals surface area (Å²) in [4.78, 5) is 73.2. The Labute approximate surface area is 202 Å². The quantitative estimate of drug-likeness (QED) is 0.137. The van der Waals surface area contributed by atoms with Crippen molar-refractivity contribution in [3.8, 4) is 0 Å². The second kappa shape index (κ2) is 13.7. The molecular weight excluding hydrogens is 470 g/mol. The van der Waals surface area contributed by atoms with Crippen molar-refractivity contribution in [1.29, 1.82) is 0 Å². The number of amides is 4. The Bertz CT molecular complexity index is 793. The molecule has 1 saturated heterocycles. The first-order valence-corrected chi connectivity index (χ1v) is 11.5. The summed E-state index contributed by atoms with van der Waals surface area (Å²) in [5.41, 5.74) is 5.60. The minimum Gasteiger partial charge on any atom is -0.481 e. The van der Waals surface area contributed by atoms with Gasteiger partial charge in [-0.2, -0.15) is 12.6 Å². The molecule has 1 aliphatic rings. The van der Waals surface area contributed by atoms with E-state index in [9.17, 15) is 28.8 Å². The molecule has 0 aromatic carbocycles. The molecule has 0 aliphatic carbocycles. The van der Waals surface area contributed by atoms with Crippen LogP contribution in [0.2, 0.25) is 0 Å². The molecule has 4 unspecified atom stereocenters. The van der Waals surface area contributed by atoms with E-state index in [1.54, 1.807) is 0 Å². The molecule has 192 valence electrons. The molecule has 7 N–H and O–H groups in total. The van der Waals surface area contributed by atoms with Gasteiger partial charge in [0.2, 0.25) is 23.6 Å². The third kappa shape index (κ3) is 9.17. The number of carboxylic acids is 2. The number of carboxylic acid groups (broad SMARTS) is 2. The van der Waals surface area contributed by atoms with Crippen molar-refractivity contribution in [2.45, 2.75) is 63.7 Å². The standard InChI is InChI=1S/C20H33N5O8S/c1-10(2)6-12(24-17(29)11(21)7-16(27)28)19(31)25-5-3-4-14(25)18(30)22-8-15(26)23-13(9-34)20(32)33/h10-14,34H,3-9,21H2,1-2H3,(H,22,30)(H,23,26)(H,24,29)(H,27,28)(H,32,33). The van der Waals surface area contributed by atoms with Crippen LogP contribution in [0.25, 0.3) is 0 Å². The van der Waals surface area contributed by atoms with E-state index in [2.05, 4.69) is 28.6 Å². The number of nitrogens with zero attached hydrogens (tertiary/aromatic N) is 1. The minimum absolute atomic E-state index is 0.00228. The van der Waals surface area contributed by atoms with Gasteiger partial charge in [0.05, 0.1) is 19.0 Å². The first-order chi connectivity index (χ1) is 15.9. The number of thiol groups is 1. The molecule has 1 fully saturated rings. The number of carbonyl (C=O) groups is 6. The Morgan fingerprint density at radius 3 is 2.26 bits per heavy atom. The maximum atomic E-state index is 13.2. The van der Waals surface area contributed by atoms with Crippen LogP contribution < -0.4 is 21.7 Å². The number of hydrogen-bond donors (Lipinski definition) is 7. The second-order valence-corrected chi connectivity index (χ2v) is 8.81. The summed E-state index contributed by atoms with van der Waals surface area (Å²) in [7, 11) is 0. The average Bonchev–Trinajstić information content (AvgIpc) is 3.23. The SMILES string of the molecule is CC(C)CC(NC(=O)C(N)CC(=O)O)C(=O)N1CCCC1C(=O)NCC(=O)NC(CS)C(=O)O. The lowest BCUT2D eigenvalue weighted by Crippen LogP contribution is -2.56. The maximum Gasteiger partial charge on any atom is 0.327 e. The molecule has 14 heteroatoms. The van der Waals surface area contributed by atoms with Crippen molar-refractivity contribution in [2.75, 3.05) is 18.8 Å². The van der Waals surface area contributed by atoms with Crippen LogP contribution in [0.1, 0.15) is 39.5 Å². The highest BCUT2D eigenvalue weighted by Crippen LogP contribution is 2.20. The average molecular weight is 504 g/mol. The normalized spacial score (nSPS) is 18.0. The molecule has 0 saturated carbocycles. The molecule has 0 aromatic heterocycles. The molecule has 0 bridgehead atoms. The van der Waals surface area contributed by atoms with Crippen LogP contribution in [-0.2, 0) is 28.8 Å². The van der Waals surface area contributed by atoms with E-state index >= 15 is 0 Å². The molecule has 0 spiro atoms. The van der Waals surface area contributed by atoms with Gasteiger partial charge in [-0.05, 0) is 25.2 Å². The predicted octanol–water partition coefficient (Wildman–Crippen LogP) is -2.07. The van der Waals surface area contributed by atoms with E-state index in [0.29, 0.717) is 12.8 Å². The summed E-state index contributed by atoms with van der Waals surface area (Å²) in [6.45, 7) is 3.46. The van der Waals surface area contributed by atoms with Gasteiger partial charge in [0.25, 0.3) is 0 Å². The highest BCUT2D eigenvalue weighted by molar-refractivity contribution is 7.80. The van der Waals surface area contributed by atoms with Gasteiger partial charge in [-0.1, -0.05) is 13.8 Å². The first kappa shape index (κ1) is 29.2. The smallest absolute Gasteiger partial charge is 0.327 e. The van der Waals surface area contributed by atoms with Gasteiger partial charge in [-0.3, -0.25) is 24.0 Å². The summed E-state index contributed by atoms with van der Waals surface area (Å²) in [6.07, 6.45) is 0.519. The Morgan fingerprint density at radius 2 is 1.74 bits per heavy atom. The lowest BCUT2D eigenvalue weighted by atomic mass is 10.0. The Balaban J connectivity index is 2.81. The topological polar surface area (TPSA) is 208 Å². The number of rotatable bonds is 13. The van der Waals surface area contributed by atoms with Crippen molar-refractivity contribution in [3.63, 3.8) is 0 Å². The number of nitrogens with two attached hydrogens (primary N) is 1. The predicted molar refractivity (Wildman–Crippen MR) is 123 cm³/mol. The van der Waals surface area contributed by atoms with Crippen molar-refractivity contribution in [3.05, 3.63) is 0 Å². The fraction of sp³-hybridized carbons (Fsp3) is 0.700. The van der Waals surface area contributed by atoms with Gasteiger partial charge in [0, 0.05) is 12.3 Å². The van der Waals surface area contributed by atoms with Crippen LogP contribution in [0.3, 0.4) is 0 Å². The molecule has 0 radical (unpaired) electrons. The zero-order valence-corrected chi connectivity index (χ0v) is 20.0.